The van der Waals surface area contributed by atoms with Gasteiger partial charge in [0.2, 0.25) is 0 Å². The lowest BCUT2D eigenvalue weighted by molar-refractivity contribution is 1.28. The number of para-hydroxylation sites is 2. The van der Waals surface area contributed by atoms with Crippen molar-refractivity contribution in [2.24, 2.45) is 0 Å². The number of benzene rings is 3. The fourth-order valence-electron chi connectivity index (χ4n) is 2.57. The smallest absolute Gasteiger partial charge is 0.106 e. The summed E-state index contributed by atoms with van der Waals surface area (Å²) in [5.41, 5.74) is 3.36. The van der Waals surface area contributed by atoms with Crippen molar-refractivity contribution in [1.82, 2.24) is 0 Å². The van der Waals surface area contributed by atoms with Crippen LogP contribution in [0.2, 0.25) is 0 Å². The molecule has 2 nitrogen and oxygen atoms in total. The summed E-state index contributed by atoms with van der Waals surface area (Å²) in [6.07, 6.45) is 5.79. The predicted octanol–water partition coefficient (Wildman–Crippen LogP) is 6.68. The molecule has 0 N–H and O–H groups in total. The van der Waals surface area contributed by atoms with Crippen molar-refractivity contribution in [2.75, 3.05) is 4.90 Å². The van der Waals surface area contributed by atoms with Gasteiger partial charge in [-0.15, -0.1) is 11.8 Å². The van der Waals surface area contributed by atoms with E-state index in [0.29, 0.717) is 4.91 Å². The summed E-state index contributed by atoms with van der Waals surface area (Å²) in [5.74, 6) is 0.787. The highest BCUT2D eigenvalue weighted by Crippen LogP contribution is 2.26. The number of anilines is 2. The van der Waals surface area contributed by atoms with Crippen LogP contribution < -0.4 is 4.90 Å². The normalized spacial score (nSPS) is 11.3. The maximum Gasteiger partial charge on any atom is 0.106 e. The lowest BCUT2D eigenvalue weighted by Gasteiger charge is -2.20. The molecule has 0 aromatic heterocycles. The van der Waals surface area contributed by atoms with Crippen LogP contribution in [0, 0.1) is 11.3 Å². The van der Waals surface area contributed by atoms with E-state index in [-0.39, 0.29) is 0 Å². The Balaban J connectivity index is 1.75. The molecule has 0 bridgehead atoms. The number of thioether (sulfide) groups is 1. The zero-order valence-corrected chi connectivity index (χ0v) is 15.7. The van der Waals surface area contributed by atoms with Crippen molar-refractivity contribution in [3.8, 4) is 6.07 Å². The van der Waals surface area contributed by atoms with E-state index in [1.807, 2.05) is 72.9 Å². The molecule has 0 aliphatic heterocycles. The Morgan fingerprint density at radius 1 is 0.815 bits per heavy atom. The predicted molar refractivity (Wildman–Crippen MR) is 116 cm³/mol. The summed E-state index contributed by atoms with van der Waals surface area (Å²) >= 11 is 1.55. The molecule has 0 aliphatic carbocycles. The number of hydrogen-bond acceptors (Lipinski definition) is 3. The Hall–Kier alpha value is -3.22. The zero-order chi connectivity index (χ0) is 18.7. The molecule has 3 aromatic carbocycles. The highest BCUT2D eigenvalue weighted by Gasteiger charge is 2.04. The number of hydrogen-bond donors (Lipinski definition) is 0. The highest BCUT2D eigenvalue weighted by atomic mass is 32.2. The Morgan fingerprint density at radius 2 is 1.33 bits per heavy atom. The van der Waals surface area contributed by atoms with Gasteiger partial charge in [0.15, 0.2) is 0 Å². The molecule has 0 spiro atoms. The Bertz CT molecular complexity index is 887. The molecule has 0 fully saturated rings. The van der Waals surface area contributed by atoms with E-state index in [2.05, 4.69) is 47.4 Å². The summed E-state index contributed by atoms with van der Waals surface area (Å²) in [4.78, 5) is 2.80. The Labute approximate surface area is 165 Å². The molecule has 0 aliphatic rings. The molecule has 0 unspecified atom stereocenters. The monoisotopic (exact) mass is 368 g/mol. The Morgan fingerprint density at radius 3 is 1.85 bits per heavy atom. The number of nitriles is 1. The minimum Gasteiger partial charge on any atom is -0.317 e. The molecule has 132 valence electrons. The second kappa shape index (κ2) is 10.1. The minimum absolute atomic E-state index is 0.691. The lowest BCUT2D eigenvalue weighted by atomic mass is 10.2. The third-order valence-corrected chi connectivity index (χ3v) is 4.91. The van der Waals surface area contributed by atoms with Gasteiger partial charge in [-0.2, -0.15) is 5.26 Å². The largest absolute Gasteiger partial charge is 0.317 e. The van der Waals surface area contributed by atoms with Gasteiger partial charge in [-0.3, -0.25) is 0 Å². The van der Waals surface area contributed by atoms with Crippen LogP contribution in [0.1, 0.15) is 5.56 Å². The van der Waals surface area contributed by atoms with E-state index in [1.54, 1.807) is 11.8 Å². The van der Waals surface area contributed by atoms with E-state index < -0.39 is 0 Å². The van der Waals surface area contributed by atoms with E-state index in [1.165, 1.54) is 5.56 Å². The van der Waals surface area contributed by atoms with Crippen LogP contribution in [0.3, 0.4) is 0 Å². The number of nitrogens with zero attached hydrogens (tertiary/aromatic N) is 2. The molecule has 0 saturated carbocycles. The van der Waals surface area contributed by atoms with Crippen LogP contribution in [0.25, 0.3) is 0 Å². The lowest BCUT2D eigenvalue weighted by Crippen LogP contribution is -2.07. The zero-order valence-electron chi connectivity index (χ0n) is 14.9. The highest BCUT2D eigenvalue weighted by molar-refractivity contribution is 8.02. The summed E-state index contributed by atoms with van der Waals surface area (Å²) in [5, 5.41) is 9.42. The van der Waals surface area contributed by atoms with Gasteiger partial charge in [0.1, 0.15) is 6.07 Å². The summed E-state index contributed by atoms with van der Waals surface area (Å²) < 4.78 is 0. The molecule has 0 radical (unpaired) electrons. The standard InChI is InChI=1S/C24H20N2S/c25-19-24(27-20-21-11-4-1-5-12-21)17-10-18-26(22-13-6-2-7-14-22)23-15-8-3-9-16-23/h1-18H,20H2. The maximum atomic E-state index is 9.42. The molecular weight excluding hydrogens is 348 g/mol. The minimum atomic E-state index is 0.691. The van der Waals surface area contributed by atoms with Crippen molar-refractivity contribution < 1.29 is 0 Å². The first-order valence-electron chi connectivity index (χ1n) is 8.71. The van der Waals surface area contributed by atoms with Gasteiger partial charge in [0.05, 0.1) is 4.91 Å². The Kier molecular flexibility index (Phi) is 6.92. The third kappa shape index (κ3) is 5.64. The SMILES string of the molecule is N#CC(=CC=CN(c1ccccc1)c1ccccc1)SCc1ccccc1. The fraction of sp³-hybridized carbons (Fsp3) is 0.0417. The summed E-state index contributed by atoms with van der Waals surface area (Å²) in [7, 11) is 0. The van der Waals surface area contributed by atoms with Gasteiger partial charge in [-0.05, 0) is 42.0 Å². The quantitative estimate of drug-likeness (QED) is 0.344. The fourth-order valence-corrected chi connectivity index (χ4v) is 3.32. The second-order valence-corrected chi connectivity index (χ2v) is 6.82. The van der Waals surface area contributed by atoms with Crippen molar-refractivity contribution >= 4 is 23.1 Å². The van der Waals surface area contributed by atoms with Gasteiger partial charge in [-0.25, -0.2) is 0 Å². The van der Waals surface area contributed by atoms with E-state index >= 15 is 0 Å². The van der Waals surface area contributed by atoms with Crippen molar-refractivity contribution in [3.05, 3.63) is 120 Å². The van der Waals surface area contributed by atoms with Crippen LogP contribution in [-0.4, -0.2) is 0 Å². The molecule has 3 rings (SSSR count). The van der Waals surface area contributed by atoms with Crippen molar-refractivity contribution in [3.63, 3.8) is 0 Å². The molecule has 0 heterocycles. The maximum absolute atomic E-state index is 9.42. The topological polar surface area (TPSA) is 27.0 Å². The first kappa shape index (κ1) is 18.6. The molecule has 0 amide bonds. The summed E-state index contributed by atoms with van der Waals surface area (Å²) in [6, 6.07) is 32.8. The first-order valence-corrected chi connectivity index (χ1v) is 9.70. The van der Waals surface area contributed by atoms with Crippen LogP contribution >= 0.6 is 11.8 Å². The van der Waals surface area contributed by atoms with Crippen LogP contribution in [-0.2, 0) is 5.75 Å². The van der Waals surface area contributed by atoms with Gasteiger partial charge in [0, 0.05) is 23.3 Å². The van der Waals surface area contributed by atoms with Gasteiger partial charge in [0.25, 0.3) is 0 Å². The van der Waals surface area contributed by atoms with Crippen molar-refractivity contribution in [1.29, 1.82) is 5.26 Å². The van der Waals surface area contributed by atoms with Gasteiger partial charge >= 0.3 is 0 Å². The van der Waals surface area contributed by atoms with Gasteiger partial charge < -0.3 is 4.90 Å². The second-order valence-electron chi connectivity index (χ2n) is 5.80. The van der Waals surface area contributed by atoms with Crippen molar-refractivity contribution in [2.45, 2.75) is 5.75 Å². The molecular formula is C24H20N2S. The summed E-state index contributed by atoms with van der Waals surface area (Å²) in [6.45, 7) is 0. The van der Waals surface area contributed by atoms with Gasteiger partial charge in [-0.1, -0.05) is 66.7 Å². The number of allylic oxidation sites excluding steroid dienone is 3. The molecule has 0 atom stereocenters. The van der Waals surface area contributed by atoms with E-state index in [4.69, 9.17) is 0 Å². The van der Waals surface area contributed by atoms with E-state index in [0.717, 1.165) is 17.1 Å². The first-order chi connectivity index (χ1) is 13.4. The molecule has 3 aromatic rings. The van der Waals surface area contributed by atoms with Crippen LogP contribution in [0.5, 0.6) is 0 Å². The van der Waals surface area contributed by atoms with E-state index in [9.17, 15) is 5.26 Å². The third-order valence-electron chi connectivity index (χ3n) is 3.90. The van der Waals surface area contributed by atoms with Crippen LogP contribution in [0.4, 0.5) is 11.4 Å². The molecule has 3 heteroatoms. The average Bonchev–Trinajstić information content (AvgIpc) is 2.75. The number of rotatable bonds is 7. The molecule has 0 saturated heterocycles. The van der Waals surface area contributed by atoms with Crippen LogP contribution in [0.15, 0.2) is 114 Å². The molecule has 27 heavy (non-hydrogen) atoms. The average molecular weight is 369 g/mol.